The molecule has 0 aromatic heterocycles. The lowest BCUT2D eigenvalue weighted by Crippen LogP contribution is -2.17. The summed E-state index contributed by atoms with van der Waals surface area (Å²) < 4.78 is 16.9. The number of aliphatic hydroxyl groups excluding tert-OH is 1. The number of primary amides is 1. The zero-order chi connectivity index (χ0) is 10.6. The molecule has 4 nitrogen and oxygen atoms in total. The predicted octanol–water partition coefficient (Wildman–Crippen LogP) is 0.954. The van der Waals surface area contributed by atoms with Gasteiger partial charge in [0.05, 0.1) is 0 Å². The maximum Gasteiger partial charge on any atom is 0.404 e. The molecule has 1 amide bonds. The normalized spacial score (nSPS) is 12.1. The van der Waals surface area contributed by atoms with E-state index in [0.717, 1.165) is 0 Å². The first-order valence-electron chi connectivity index (χ1n) is 3.95. The van der Waals surface area contributed by atoms with E-state index in [1.807, 2.05) is 0 Å². The second-order valence-corrected chi connectivity index (χ2v) is 2.70. The van der Waals surface area contributed by atoms with Gasteiger partial charge in [-0.25, -0.2) is 9.18 Å². The SMILES string of the molecule is NC(=O)OCC(O)c1ccc(F)cc1. The molecule has 1 unspecified atom stereocenters. The van der Waals surface area contributed by atoms with Crippen LogP contribution in [0.25, 0.3) is 0 Å². The molecule has 0 aliphatic rings. The Kier molecular flexibility index (Phi) is 3.41. The van der Waals surface area contributed by atoms with Gasteiger partial charge in [0.1, 0.15) is 18.5 Å². The number of nitrogens with two attached hydrogens (primary N) is 1. The summed E-state index contributed by atoms with van der Waals surface area (Å²) in [5, 5.41) is 9.41. The zero-order valence-electron chi connectivity index (χ0n) is 7.31. The minimum Gasteiger partial charge on any atom is -0.447 e. The molecule has 5 heteroatoms. The van der Waals surface area contributed by atoms with Gasteiger partial charge < -0.3 is 15.6 Å². The smallest absolute Gasteiger partial charge is 0.404 e. The third-order valence-electron chi connectivity index (χ3n) is 1.64. The van der Waals surface area contributed by atoms with Crippen LogP contribution in [0.3, 0.4) is 0 Å². The third kappa shape index (κ3) is 3.02. The van der Waals surface area contributed by atoms with Crippen LogP contribution in [0.4, 0.5) is 9.18 Å². The van der Waals surface area contributed by atoms with E-state index in [9.17, 15) is 14.3 Å². The highest BCUT2D eigenvalue weighted by atomic mass is 19.1. The van der Waals surface area contributed by atoms with Crippen molar-refractivity contribution in [3.63, 3.8) is 0 Å². The van der Waals surface area contributed by atoms with Crippen molar-refractivity contribution in [3.05, 3.63) is 35.6 Å². The van der Waals surface area contributed by atoms with Gasteiger partial charge in [0.25, 0.3) is 0 Å². The standard InChI is InChI=1S/C9H10FNO3/c10-7-3-1-6(2-4-7)8(12)5-14-9(11)13/h1-4,8,12H,5H2,(H2,11,13). The van der Waals surface area contributed by atoms with Crippen molar-refractivity contribution in [2.75, 3.05) is 6.61 Å². The number of carbonyl (C=O) groups excluding carboxylic acids is 1. The van der Waals surface area contributed by atoms with Crippen LogP contribution in [-0.2, 0) is 4.74 Å². The Balaban J connectivity index is 2.56. The topological polar surface area (TPSA) is 72.6 Å². The van der Waals surface area contributed by atoms with Gasteiger partial charge in [0.2, 0.25) is 0 Å². The van der Waals surface area contributed by atoms with Crippen LogP contribution < -0.4 is 5.73 Å². The van der Waals surface area contributed by atoms with Crippen molar-refractivity contribution in [3.8, 4) is 0 Å². The molecule has 0 radical (unpaired) electrons. The Morgan fingerprint density at radius 3 is 2.57 bits per heavy atom. The summed E-state index contributed by atoms with van der Waals surface area (Å²) in [5.41, 5.74) is 5.18. The van der Waals surface area contributed by atoms with Gasteiger partial charge in [-0.2, -0.15) is 0 Å². The van der Waals surface area contributed by atoms with Crippen LogP contribution in [-0.4, -0.2) is 17.8 Å². The fourth-order valence-corrected chi connectivity index (χ4v) is 0.942. The number of halogens is 1. The zero-order valence-corrected chi connectivity index (χ0v) is 7.31. The monoisotopic (exact) mass is 199 g/mol. The van der Waals surface area contributed by atoms with Crippen LogP contribution >= 0.6 is 0 Å². The first-order chi connectivity index (χ1) is 6.59. The fourth-order valence-electron chi connectivity index (χ4n) is 0.942. The van der Waals surface area contributed by atoms with Gasteiger partial charge in [0, 0.05) is 0 Å². The Labute approximate surface area is 80.1 Å². The average Bonchev–Trinajstić information content (AvgIpc) is 2.15. The third-order valence-corrected chi connectivity index (χ3v) is 1.64. The lowest BCUT2D eigenvalue weighted by molar-refractivity contribution is 0.0729. The van der Waals surface area contributed by atoms with Crippen molar-refractivity contribution in [2.24, 2.45) is 5.73 Å². The minimum absolute atomic E-state index is 0.235. The van der Waals surface area contributed by atoms with Crippen molar-refractivity contribution in [1.29, 1.82) is 0 Å². The lowest BCUT2D eigenvalue weighted by atomic mass is 10.1. The number of carbonyl (C=O) groups is 1. The number of amides is 1. The van der Waals surface area contributed by atoms with E-state index in [-0.39, 0.29) is 6.61 Å². The maximum absolute atomic E-state index is 12.5. The molecule has 1 aromatic rings. The van der Waals surface area contributed by atoms with Crippen molar-refractivity contribution < 1.29 is 19.0 Å². The van der Waals surface area contributed by atoms with E-state index >= 15 is 0 Å². The first kappa shape index (κ1) is 10.5. The van der Waals surface area contributed by atoms with Crippen molar-refractivity contribution >= 4 is 6.09 Å². The Morgan fingerprint density at radius 1 is 1.50 bits per heavy atom. The van der Waals surface area contributed by atoms with Gasteiger partial charge in [-0.05, 0) is 17.7 Å². The molecule has 0 saturated carbocycles. The number of ether oxygens (including phenoxy) is 1. The molecule has 0 bridgehead atoms. The van der Waals surface area contributed by atoms with E-state index in [1.54, 1.807) is 0 Å². The maximum atomic E-state index is 12.5. The summed E-state index contributed by atoms with van der Waals surface area (Å²) in [7, 11) is 0. The summed E-state index contributed by atoms with van der Waals surface area (Å²) in [6.07, 6.45) is -1.94. The molecule has 1 rings (SSSR count). The van der Waals surface area contributed by atoms with Gasteiger partial charge in [-0.3, -0.25) is 0 Å². The molecule has 1 aromatic carbocycles. The number of aliphatic hydroxyl groups is 1. The van der Waals surface area contributed by atoms with Crippen molar-refractivity contribution in [2.45, 2.75) is 6.10 Å². The number of hydrogen-bond acceptors (Lipinski definition) is 3. The number of hydrogen-bond donors (Lipinski definition) is 2. The van der Waals surface area contributed by atoms with E-state index < -0.39 is 18.0 Å². The average molecular weight is 199 g/mol. The van der Waals surface area contributed by atoms with Crippen LogP contribution in [0.5, 0.6) is 0 Å². The van der Waals surface area contributed by atoms with E-state index in [1.165, 1.54) is 24.3 Å². The molecular formula is C9H10FNO3. The fraction of sp³-hybridized carbons (Fsp3) is 0.222. The van der Waals surface area contributed by atoms with Crippen LogP contribution in [0.1, 0.15) is 11.7 Å². The highest BCUT2D eigenvalue weighted by Crippen LogP contribution is 2.13. The molecule has 0 aliphatic heterocycles. The largest absolute Gasteiger partial charge is 0.447 e. The van der Waals surface area contributed by atoms with Crippen LogP contribution in [0.15, 0.2) is 24.3 Å². The molecular weight excluding hydrogens is 189 g/mol. The number of rotatable bonds is 3. The summed E-state index contributed by atoms with van der Waals surface area (Å²) in [6, 6.07) is 5.24. The van der Waals surface area contributed by atoms with E-state index in [0.29, 0.717) is 5.56 Å². The predicted molar refractivity (Wildman–Crippen MR) is 46.9 cm³/mol. The Bertz CT molecular complexity index is 312. The molecule has 76 valence electrons. The molecule has 0 saturated heterocycles. The first-order valence-corrected chi connectivity index (χ1v) is 3.95. The van der Waals surface area contributed by atoms with Gasteiger partial charge in [-0.15, -0.1) is 0 Å². The summed E-state index contributed by atoms with van der Waals surface area (Å²) in [5.74, 6) is -0.392. The second-order valence-electron chi connectivity index (χ2n) is 2.70. The summed E-state index contributed by atoms with van der Waals surface area (Å²) >= 11 is 0. The molecule has 0 heterocycles. The Hall–Kier alpha value is -1.62. The minimum atomic E-state index is -0.983. The van der Waals surface area contributed by atoms with Crippen LogP contribution in [0, 0.1) is 5.82 Å². The summed E-state index contributed by atoms with van der Waals surface area (Å²) in [6.45, 7) is -0.235. The van der Waals surface area contributed by atoms with Gasteiger partial charge in [-0.1, -0.05) is 12.1 Å². The Morgan fingerprint density at radius 2 is 2.07 bits per heavy atom. The van der Waals surface area contributed by atoms with Crippen molar-refractivity contribution in [1.82, 2.24) is 0 Å². The highest BCUT2D eigenvalue weighted by Gasteiger charge is 2.08. The lowest BCUT2D eigenvalue weighted by Gasteiger charge is -2.09. The van der Waals surface area contributed by atoms with Gasteiger partial charge >= 0.3 is 6.09 Å². The molecule has 1 atom stereocenters. The molecule has 0 fully saturated rings. The second kappa shape index (κ2) is 4.57. The highest BCUT2D eigenvalue weighted by molar-refractivity contribution is 5.64. The molecule has 0 spiro atoms. The van der Waals surface area contributed by atoms with E-state index in [2.05, 4.69) is 4.74 Å². The summed E-state index contributed by atoms with van der Waals surface area (Å²) in [4.78, 5) is 10.2. The quantitative estimate of drug-likeness (QED) is 0.761. The molecule has 0 aliphatic carbocycles. The van der Waals surface area contributed by atoms with E-state index in [4.69, 9.17) is 5.73 Å². The number of benzene rings is 1. The molecule has 3 N–H and O–H groups in total. The van der Waals surface area contributed by atoms with Gasteiger partial charge in [0.15, 0.2) is 0 Å². The van der Waals surface area contributed by atoms with Crippen LogP contribution in [0.2, 0.25) is 0 Å². The molecule has 14 heavy (non-hydrogen) atoms.